The third-order valence-corrected chi connectivity index (χ3v) is 8.55. The zero-order valence-electron chi connectivity index (χ0n) is 18.3. The van der Waals surface area contributed by atoms with Gasteiger partial charge in [-0.25, -0.2) is 8.42 Å². The smallest absolute Gasteiger partial charge is 0.253 e. The van der Waals surface area contributed by atoms with Gasteiger partial charge in [0.2, 0.25) is 10.0 Å². The molecular formula is C22H32N2O6S. The second kappa shape index (κ2) is 9.44. The summed E-state index contributed by atoms with van der Waals surface area (Å²) in [4.78, 5) is 15.1. The molecule has 1 aromatic carbocycles. The number of carbonyl (C=O) groups excluding carboxylic acids is 1. The van der Waals surface area contributed by atoms with Crippen molar-refractivity contribution >= 4 is 15.9 Å². The number of hydrogen-bond donors (Lipinski definition) is 0. The maximum atomic E-state index is 13.4. The van der Waals surface area contributed by atoms with Gasteiger partial charge in [0, 0.05) is 37.2 Å². The number of hydrogen-bond acceptors (Lipinski definition) is 6. The number of ether oxygens (including phenoxy) is 3. The second-order valence-corrected chi connectivity index (χ2v) is 10.4. The average Bonchev–Trinajstić information content (AvgIpc) is 3.33. The number of nitrogens with zero attached hydrogens (tertiary/aromatic N) is 2. The van der Waals surface area contributed by atoms with Crippen LogP contribution in [0.1, 0.15) is 49.4 Å². The Morgan fingerprint density at radius 1 is 1.10 bits per heavy atom. The van der Waals surface area contributed by atoms with Crippen molar-refractivity contribution < 1.29 is 27.4 Å². The number of rotatable bonds is 5. The Bertz CT molecular complexity index is 899. The Hall–Kier alpha value is -1.68. The van der Waals surface area contributed by atoms with E-state index in [0.29, 0.717) is 38.4 Å². The van der Waals surface area contributed by atoms with Crippen LogP contribution in [0.15, 0.2) is 23.1 Å². The summed E-state index contributed by atoms with van der Waals surface area (Å²) in [7, 11) is -2.32. The normalized spacial score (nSPS) is 26.2. The summed E-state index contributed by atoms with van der Waals surface area (Å²) in [5.74, 6) is 0.225. The lowest BCUT2D eigenvalue weighted by Crippen LogP contribution is -2.44. The lowest BCUT2D eigenvalue weighted by Gasteiger charge is -2.35. The minimum atomic E-state index is -3.77. The van der Waals surface area contributed by atoms with E-state index in [9.17, 15) is 13.2 Å². The predicted octanol–water partition coefficient (Wildman–Crippen LogP) is 2.48. The van der Waals surface area contributed by atoms with E-state index in [1.165, 1.54) is 17.5 Å². The molecule has 8 nitrogen and oxygen atoms in total. The van der Waals surface area contributed by atoms with Crippen molar-refractivity contribution in [3.8, 4) is 5.75 Å². The van der Waals surface area contributed by atoms with E-state index >= 15 is 0 Å². The number of likely N-dealkylation sites (tertiary alicyclic amines) is 1. The fraction of sp³-hybridized carbons (Fsp3) is 0.682. The molecule has 3 fully saturated rings. The molecule has 2 unspecified atom stereocenters. The lowest BCUT2D eigenvalue weighted by atomic mass is 9.96. The summed E-state index contributed by atoms with van der Waals surface area (Å²) >= 11 is 0. The molecule has 31 heavy (non-hydrogen) atoms. The third kappa shape index (κ3) is 4.60. The monoisotopic (exact) mass is 452 g/mol. The van der Waals surface area contributed by atoms with E-state index in [1.54, 1.807) is 17.0 Å². The highest BCUT2D eigenvalue weighted by Crippen LogP contribution is 2.33. The quantitative estimate of drug-likeness (QED) is 0.682. The molecule has 0 saturated carbocycles. The van der Waals surface area contributed by atoms with Crippen LogP contribution in [0.5, 0.6) is 5.75 Å². The van der Waals surface area contributed by atoms with Gasteiger partial charge in [-0.05, 0) is 50.8 Å². The first kappa shape index (κ1) is 22.5. The molecular weight excluding hydrogens is 420 g/mol. The molecule has 1 aromatic rings. The van der Waals surface area contributed by atoms with Crippen molar-refractivity contribution in [1.82, 2.24) is 9.21 Å². The molecule has 3 aliphatic heterocycles. The van der Waals surface area contributed by atoms with Crippen LogP contribution in [0, 0.1) is 5.92 Å². The first-order valence-corrected chi connectivity index (χ1v) is 12.6. The van der Waals surface area contributed by atoms with Crippen LogP contribution >= 0.6 is 0 Å². The van der Waals surface area contributed by atoms with Gasteiger partial charge in [0.1, 0.15) is 10.6 Å². The van der Waals surface area contributed by atoms with Gasteiger partial charge in [0.15, 0.2) is 6.29 Å². The number of sulfonamides is 1. The summed E-state index contributed by atoms with van der Waals surface area (Å²) in [5, 5.41) is 0. The zero-order valence-corrected chi connectivity index (χ0v) is 19.1. The molecule has 9 heteroatoms. The van der Waals surface area contributed by atoms with Crippen molar-refractivity contribution in [2.45, 2.75) is 56.3 Å². The Balaban J connectivity index is 1.58. The van der Waals surface area contributed by atoms with Crippen LogP contribution in [-0.2, 0) is 19.5 Å². The SMILES string of the molecule is COc1ccc(C(=O)N2CCCC(C3OCCO3)C2)cc1S(=O)(=O)N1CCCCC1C. The maximum absolute atomic E-state index is 13.4. The number of amides is 1. The highest BCUT2D eigenvalue weighted by atomic mass is 32.2. The Morgan fingerprint density at radius 2 is 1.87 bits per heavy atom. The minimum Gasteiger partial charge on any atom is -0.495 e. The fourth-order valence-corrected chi connectivity index (χ4v) is 6.70. The van der Waals surface area contributed by atoms with Crippen LogP contribution < -0.4 is 4.74 Å². The average molecular weight is 453 g/mol. The minimum absolute atomic E-state index is 0.0608. The summed E-state index contributed by atoms with van der Waals surface area (Å²) in [6.45, 7) is 4.77. The Morgan fingerprint density at radius 3 is 2.58 bits per heavy atom. The van der Waals surface area contributed by atoms with Gasteiger partial charge in [0.05, 0.1) is 20.3 Å². The molecule has 0 aliphatic carbocycles. The first-order valence-electron chi connectivity index (χ1n) is 11.1. The number of benzene rings is 1. The van der Waals surface area contributed by atoms with Crippen molar-refractivity contribution in [3.63, 3.8) is 0 Å². The highest BCUT2D eigenvalue weighted by molar-refractivity contribution is 7.89. The van der Waals surface area contributed by atoms with Crippen LogP contribution in [0.2, 0.25) is 0 Å². The Kier molecular flexibility index (Phi) is 6.86. The highest BCUT2D eigenvalue weighted by Gasteiger charge is 2.36. The molecule has 0 aromatic heterocycles. The maximum Gasteiger partial charge on any atom is 0.253 e. The molecule has 3 saturated heterocycles. The summed E-state index contributed by atoms with van der Waals surface area (Å²) in [6, 6.07) is 4.63. The fourth-order valence-electron chi connectivity index (χ4n) is 4.81. The third-order valence-electron chi connectivity index (χ3n) is 6.52. The van der Waals surface area contributed by atoms with Crippen LogP contribution in [0.25, 0.3) is 0 Å². The van der Waals surface area contributed by atoms with Crippen molar-refractivity contribution in [2.24, 2.45) is 5.92 Å². The van der Waals surface area contributed by atoms with Gasteiger partial charge in [-0.1, -0.05) is 6.42 Å². The molecule has 0 radical (unpaired) electrons. The standard InChI is InChI=1S/C22H32N2O6S/c1-16-6-3-4-11-24(16)31(26,27)20-14-17(8-9-19(20)28-2)21(25)23-10-5-7-18(15-23)22-29-12-13-30-22/h8-9,14,16,18,22H,3-7,10-13,15H2,1-2H3. The summed E-state index contributed by atoms with van der Waals surface area (Å²) < 4.78 is 45.1. The van der Waals surface area contributed by atoms with Gasteiger partial charge < -0.3 is 19.1 Å². The largest absolute Gasteiger partial charge is 0.495 e. The molecule has 4 rings (SSSR count). The van der Waals surface area contributed by atoms with E-state index < -0.39 is 10.0 Å². The zero-order chi connectivity index (χ0) is 22.0. The molecule has 3 aliphatic rings. The number of carbonyl (C=O) groups is 1. The molecule has 0 bridgehead atoms. The number of piperidine rings is 2. The van der Waals surface area contributed by atoms with Crippen molar-refractivity contribution in [1.29, 1.82) is 0 Å². The summed E-state index contributed by atoms with van der Waals surface area (Å²) in [6.07, 6.45) is 4.25. The van der Waals surface area contributed by atoms with E-state index in [0.717, 1.165) is 32.1 Å². The molecule has 2 atom stereocenters. The van der Waals surface area contributed by atoms with Gasteiger partial charge in [0.25, 0.3) is 5.91 Å². The molecule has 3 heterocycles. The number of methoxy groups -OCH3 is 1. The van der Waals surface area contributed by atoms with Gasteiger partial charge in [-0.15, -0.1) is 0 Å². The van der Waals surface area contributed by atoms with Crippen LogP contribution in [0.3, 0.4) is 0 Å². The molecule has 0 spiro atoms. The Labute approximate surface area is 184 Å². The van der Waals surface area contributed by atoms with Crippen LogP contribution in [0.4, 0.5) is 0 Å². The van der Waals surface area contributed by atoms with E-state index in [1.807, 2.05) is 6.92 Å². The van der Waals surface area contributed by atoms with Crippen LogP contribution in [-0.4, -0.2) is 75.8 Å². The van der Waals surface area contributed by atoms with Gasteiger partial charge in [-0.2, -0.15) is 4.31 Å². The van der Waals surface area contributed by atoms with E-state index in [-0.39, 0.29) is 34.8 Å². The molecule has 1 amide bonds. The first-order chi connectivity index (χ1) is 14.9. The van der Waals surface area contributed by atoms with Crippen molar-refractivity contribution in [3.05, 3.63) is 23.8 Å². The topological polar surface area (TPSA) is 85.4 Å². The predicted molar refractivity (Wildman–Crippen MR) is 115 cm³/mol. The van der Waals surface area contributed by atoms with E-state index in [4.69, 9.17) is 14.2 Å². The van der Waals surface area contributed by atoms with Gasteiger partial charge in [-0.3, -0.25) is 4.79 Å². The lowest BCUT2D eigenvalue weighted by molar-refractivity contribution is -0.0969. The van der Waals surface area contributed by atoms with Crippen molar-refractivity contribution in [2.75, 3.05) is 40.0 Å². The second-order valence-electron chi connectivity index (χ2n) is 8.59. The van der Waals surface area contributed by atoms with Gasteiger partial charge >= 0.3 is 0 Å². The molecule has 172 valence electrons. The molecule has 0 N–H and O–H groups in total. The van der Waals surface area contributed by atoms with E-state index in [2.05, 4.69) is 0 Å². The summed E-state index contributed by atoms with van der Waals surface area (Å²) in [5.41, 5.74) is 0.359.